The molecule has 0 saturated carbocycles. The van der Waals surface area contributed by atoms with Crippen molar-refractivity contribution in [3.8, 4) is 5.75 Å². The van der Waals surface area contributed by atoms with Crippen molar-refractivity contribution in [1.29, 1.82) is 0 Å². The van der Waals surface area contributed by atoms with E-state index in [0.29, 0.717) is 30.9 Å². The molecule has 0 aliphatic heterocycles. The standard InChI is InChI=1S/C23H26N4O4S2/c1-2-21-20-7-6-18(13-22(20)26-25-21)31-10-9-24-14-23(28)16-4-3-5-17(12-16)27-33(29,30)19-8-11-32-15-19/h3-8,11-13,15,23-24,27-28H,2,9-10,14H2,1H3,(H,25,26). The number of hydrogen-bond acceptors (Lipinski definition) is 7. The summed E-state index contributed by atoms with van der Waals surface area (Å²) >= 11 is 1.32. The molecule has 1 atom stereocenters. The van der Waals surface area contributed by atoms with Crippen molar-refractivity contribution >= 4 is 38.0 Å². The smallest absolute Gasteiger partial charge is 0.262 e. The molecule has 4 N–H and O–H groups in total. The Hall–Kier alpha value is -2.92. The summed E-state index contributed by atoms with van der Waals surface area (Å²) in [6.45, 7) is 3.36. The van der Waals surface area contributed by atoms with E-state index in [4.69, 9.17) is 4.74 Å². The molecule has 174 valence electrons. The van der Waals surface area contributed by atoms with Crippen LogP contribution in [0.4, 0.5) is 5.69 Å². The number of aromatic amines is 1. The highest BCUT2D eigenvalue weighted by Crippen LogP contribution is 2.23. The zero-order chi connectivity index (χ0) is 23.3. The van der Waals surface area contributed by atoms with Gasteiger partial charge in [-0.25, -0.2) is 8.42 Å². The zero-order valence-electron chi connectivity index (χ0n) is 18.1. The summed E-state index contributed by atoms with van der Waals surface area (Å²) in [6, 6.07) is 14.1. The Bertz CT molecular complexity index is 1300. The average molecular weight is 487 g/mol. The van der Waals surface area contributed by atoms with Gasteiger partial charge in [-0.15, -0.1) is 0 Å². The Morgan fingerprint density at radius 3 is 2.88 bits per heavy atom. The van der Waals surface area contributed by atoms with Crippen LogP contribution in [-0.2, 0) is 16.4 Å². The molecule has 0 spiro atoms. The Morgan fingerprint density at radius 1 is 1.21 bits per heavy atom. The quantitative estimate of drug-likeness (QED) is 0.240. The number of ether oxygens (including phenoxy) is 1. The van der Waals surface area contributed by atoms with E-state index in [1.807, 2.05) is 18.2 Å². The molecule has 0 radical (unpaired) electrons. The summed E-state index contributed by atoms with van der Waals surface area (Å²) in [5.41, 5.74) is 3.00. The number of aliphatic hydroxyl groups excluding tert-OH is 1. The maximum absolute atomic E-state index is 12.4. The van der Waals surface area contributed by atoms with E-state index in [-0.39, 0.29) is 4.90 Å². The van der Waals surface area contributed by atoms with E-state index in [1.54, 1.807) is 41.1 Å². The first-order valence-electron chi connectivity index (χ1n) is 10.6. The molecule has 0 fully saturated rings. The monoisotopic (exact) mass is 486 g/mol. The van der Waals surface area contributed by atoms with Crippen molar-refractivity contribution in [3.05, 3.63) is 70.5 Å². The molecule has 0 amide bonds. The van der Waals surface area contributed by atoms with Gasteiger partial charge in [-0.05, 0) is 47.7 Å². The highest BCUT2D eigenvalue weighted by atomic mass is 32.2. The summed E-state index contributed by atoms with van der Waals surface area (Å²) in [6.07, 6.45) is 0.107. The van der Waals surface area contributed by atoms with E-state index in [9.17, 15) is 13.5 Å². The molecule has 1 unspecified atom stereocenters. The molecule has 10 heteroatoms. The summed E-state index contributed by atoms with van der Waals surface area (Å²) < 4.78 is 33.1. The highest BCUT2D eigenvalue weighted by molar-refractivity contribution is 7.92. The normalized spacial score (nSPS) is 12.7. The van der Waals surface area contributed by atoms with Gasteiger partial charge in [0.1, 0.15) is 12.4 Å². The molecular weight excluding hydrogens is 460 g/mol. The number of sulfonamides is 1. The Kier molecular flexibility index (Phi) is 7.29. The van der Waals surface area contributed by atoms with Crippen LogP contribution < -0.4 is 14.8 Å². The van der Waals surface area contributed by atoms with Crippen LogP contribution in [0, 0.1) is 0 Å². The van der Waals surface area contributed by atoms with Gasteiger partial charge in [0.15, 0.2) is 0 Å². The van der Waals surface area contributed by atoms with Gasteiger partial charge in [0.2, 0.25) is 0 Å². The second-order valence-electron chi connectivity index (χ2n) is 7.49. The number of nitrogens with zero attached hydrogens (tertiary/aromatic N) is 1. The second kappa shape index (κ2) is 10.3. The van der Waals surface area contributed by atoms with E-state index in [1.165, 1.54) is 11.3 Å². The molecule has 0 aliphatic rings. The third-order valence-corrected chi connectivity index (χ3v) is 7.38. The molecule has 4 rings (SSSR count). The van der Waals surface area contributed by atoms with E-state index >= 15 is 0 Å². The van der Waals surface area contributed by atoms with Crippen molar-refractivity contribution in [2.45, 2.75) is 24.3 Å². The fraction of sp³-hybridized carbons (Fsp3) is 0.261. The Labute approximate surface area is 196 Å². The number of benzene rings is 2. The van der Waals surface area contributed by atoms with Crippen LogP contribution in [0.15, 0.2) is 64.2 Å². The van der Waals surface area contributed by atoms with Crippen LogP contribution in [0.2, 0.25) is 0 Å². The number of aliphatic hydroxyl groups is 1. The topological polar surface area (TPSA) is 116 Å². The first-order chi connectivity index (χ1) is 16.0. The van der Waals surface area contributed by atoms with E-state index < -0.39 is 16.1 Å². The van der Waals surface area contributed by atoms with Gasteiger partial charge in [0.25, 0.3) is 10.0 Å². The molecule has 0 bridgehead atoms. The second-order valence-corrected chi connectivity index (χ2v) is 9.96. The van der Waals surface area contributed by atoms with Gasteiger partial charge >= 0.3 is 0 Å². The lowest BCUT2D eigenvalue weighted by Crippen LogP contribution is -2.26. The Morgan fingerprint density at radius 2 is 2.09 bits per heavy atom. The maximum atomic E-state index is 12.4. The van der Waals surface area contributed by atoms with E-state index in [2.05, 4.69) is 27.2 Å². The number of aryl methyl sites for hydroxylation is 1. The zero-order valence-corrected chi connectivity index (χ0v) is 19.7. The largest absolute Gasteiger partial charge is 0.492 e. The summed E-state index contributed by atoms with van der Waals surface area (Å²) in [4.78, 5) is 0.220. The number of H-pyrrole nitrogens is 1. The van der Waals surface area contributed by atoms with Crippen LogP contribution in [0.3, 0.4) is 0 Å². The van der Waals surface area contributed by atoms with Crippen molar-refractivity contribution in [2.24, 2.45) is 0 Å². The van der Waals surface area contributed by atoms with Gasteiger partial charge < -0.3 is 15.2 Å². The minimum atomic E-state index is -3.64. The summed E-state index contributed by atoms with van der Waals surface area (Å²) in [5.74, 6) is 0.740. The lowest BCUT2D eigenvalue weighted by molar-refractivity contribution is 0.172. The summed E-state index contributed by atoms with van der Waals surface area (Å²) in [7, 11) is -3.64. The summed E-state index contributed by atoms with van der Waals surface area (Å²) in [5, 5.41) is 25.4. The Balaban J connectivity index is 1.25. The van der Waals surface area contributed by atoms with Gasteiger partial charge in [-0.3, -0.25) is 9.82 Å². The number of aromatic nitrogens is 2. The number of fused-ring (bicyclic) bond motifs is 1. The molecule has 2 aromatic carbocycles. The van der Waals surface area contributed by atoms with Crippen LogP contribution in [0.5, 0.6) is 5.75 Å². The molecular formula is C23H26N4O4S2. The minimum Gasteiger partial charge on any atom is -0.492 e. The predicted octanol–water partition coefficient (Wildman–Crippen LogP) is 3.69. The number of hydrogen-bond donors (Lipinski definition) is 4. The van der Waals surface area contributed by atoms with Gasteiger partial charge in [0.05, 0.1) is 16.5 Å². The third kappa shape index (κ3) is 5.72. The van der Waals surface area contributed by atoms with Crippen molar-refractivity contribution in [1.82, 2.24) is 15.5 Å². The molecule has 0 aliphatic carbocycles. The SMILES string of the molecule is CCc1[nH]nc2cc(OCCNCC(O)c3cccc(NS(=O)(=O)c4ccsc4)c3)ccc12. The van der Waals surface area contributed by atoms with Crippen molar-refractivity contribution in [2.75, 3.05) is 24.4 Å². The van der Waals surface area contributed by atoms with Crippen LogP contribution >= 0.6 is 11.3 Å². The van der Waals surface area contributed by atoms with Crippen LogP contribution in [0.25, 0.3) is 10.9 Å². The predicted molar refractivity (Wildman–Crippen MR) is 130 cm³/mol. The first-order valence-corrected chi connectivity index (χ1v) is 13.0. The van der Waals surface area contributed by atoms with Gasteiger partial charge in [0, 0.05) is 41.3 Å². The average Bonchev–Trinajstić information content (AvgIpc) is 3.49. The minimum absolute atomic E-state index is 0.220. The third-order valence-electron chi connectivity index (χ3n) is 5.17. The molecule has 8 nitrogen and oxygen atoms in total. The lowest BCUT2D eigenvalue weighted by Gasteiger charge is -2.14. The number of thiophene rings is 1. The van der Waals surface area contributed by atoms with Crippen molar-refractivity contribution in [3.63, 3.8) is 0 Å². The maximum Gasteiger partial charge on any atom is 0.262 e. The highest BCUT2D eigenvalue weighted by Gasteiger charge is 2.15. The number of anilines is 1. The lowest BCUT2D eigenvalue weighted by atomic mass is 10.1. The molecule has 4 aromatic rings. The van der Waals surface area contributed by atoms with E-state index in [0.717, 1.165) is 28.8 Å². The molecule has 2 aromatic heterocycles. The molecule has 0 saturated heterocycles. The first kappa shape index (κ1) is 23.2. The fourth-order valence-electron chi connectivity index (χ4n) is 3.43. The molecule has 2 heterocycles. The molecule has 33 heavy (non-hydrogen) atoms. The van der Waals surface area contributed by atoms with Gasteiger partial charge in [-0.2, -0.15) is 16.4 Å². The number of nitrogens with one attached hydrogen (secondary N) is 3. The fourth-order valence-corrected chi connectivity index (χ4v) is 5.51. The van der Waals surface area contributed by atoms with Crippen LogP contribution in [0.1, 0.15) is 24.3 Å². The van der Waals surface area contributed by atoms with Crippen LogP contribution in [-0.4, -0.2) is 43.4 Å². The number of rotatable bonds is 11. The van der Waals surface area contributed by atoms with Gasteiger partial charge in [-0.1, -0.05) is 19.1 Å². The van der Waals surface area contributed by atoms with Crippen molar-refractivity contribution < 1.29 is 18.3 Å².